The fraction of sp³-hybridized carbons (Fsp3) is 0.500. The van der Waals surface area contributed by atoms with E-state index in [4.69, 9.17) is 25.2 Å². The normalized spacial score (nSPS) is 27.6. The van der Waals surface area contributed by atoms with Gasteiger partial charge < -0.3 is 40.3 Å². The summed E-state index contributed by atoms with van der Waals surface area (Å²) >= 11 is 0. The van der Waals surface area contributed by atoms with Gasteiger partial charge in [0, 0.05) is 0 Å². The van der Waals surface area contributed by atoms with Gasteiger partial charge in [0.15, 0.2) is 17.7 Å². The summed E-state index contributed by atoms with van der Waals surface area (Å²) < 4.78 is 51.9. The third-order valence-corrected chi connectivity index (χ3v) is 7.62. The molecule has 2 aromatic rings. The van der Waals surface area contributed by atoms with Crippen LogP contribution in [0.5, 0.6) is 0 Å². The molecule has 3 heterocycles. The van der Waals surface area contributed by atoms with Crippen LogP contribution in [0.25, 0.3) is 11.2 Å². The van der Waals surface area contributed by atoms with Gasteiger partial charge in [-0.2, -0.15) is 8.62 Å². The first-order valence-corrected chi connectivity index (χ1v) is 12.4. The van der Waals surface area contributed by atoms with Gasteiger partial charge in [0.05, 0.1) is 12.9 Å². The van der Waals surface area contributed by atoms with Gasteiger partial charge >= 0.3 is 46.5 Å². The minimum absolute atomic E-state index is 0. The number of hydrogen-bond acceptors (Lipinski definition) is 13. The molecule has 0 spiro atoms. The van der Waals surface area contributed by atoms with Gasteiger partial charge in [-0.25, -0.2) is 28.6 Å². The SMILES string of the molecule is Nc1ncnc2c1ncn2[C@@H]1O[C@H](COP(=O)(O)OP(=O)(O)OP(=O)(O)O)[C@@H](O)[C@H]1O.[Mg+2]. The van der Waals surface area contributed by atoms with Crippen molar-refractivity contribution in [2.24, 2.45) is 0 Å². The van der Waals surface area contributed by atoms with E-state index in [9.17, 15) is 28.8 Å². The van der Waals surface area contributed by atoms with E-state index >= 15 is 0 Å². The van der Waals surface area contributed by atoms with E-state index in [1.165, 1.54) is 10.9 Å². The number of rotatable bonds is 8. The number of aliphatic hydroxyl groups excluding tert-OH is 2. The Morgan fingerprint density at radius 2 is 1.69 bits per heavy atom. The smallest absolute Gasteiger partial charge is 0.387 e. The van der Waals surface area contributed by atoms with Gasteiger partial charge in [-0.05, 0) is 0 Å². The zero-order valence-corrected chi connectivity index (χ0v) is 19.7. The molecule has 0 aliphatic carbocycles. The number of nitrogens with zero attached hydrogens (tertiary/aromatic N) is 4. The van der Waals surface area contributed by atoms with E-state index in [2.05, 4.69) is 28.1 Å². The Hall–Kier alpha value is -0.594. The van der Waals surface area contributed by atoms with Crippen LogP contribution in [0.15, 0.2) is 12.7 Å². The fourth-order valence-electron chi connectivity index (χ4n) is 2.62. The van der Waals surface area contributed by atoms with Crippen LogP contribution >= 0.6 is 23.5 Å². The largest absolute Gasteiger partial charge is 2.00 e. The van der Waals surface area contributed by atoms with Gasteiger partial charge in [0.2, 0.25) is 0 Å². The van der Waals surface area contributed by atoms with Crippen molar-refractivity contribution in [1.29, 1.82) is 0 Å². The molecular formula is C10H16MgN5O13P3+2. The minimum Gasteiger partial charge on any atom is -0.387 e. The number of fused-ring (bicyclic) bond motifs is 1. The molecule has 0 aromatic carbocycles. The minimum atomic E-state index is -5.70. The zero-order valence-electron chi connectivity index (χ0n) is 15.6. The Labute approximate surface area is 193 Å². The summed E-state index contributed by atoms with van der Waals surface area (Å²) in [5.41, 5.74) is 6.00. The van der Waals surface area contributed by atoms with E-state index in [-0.39, 0.29) is 40.0 Å². The first kappa shape index (κ1) is 27.6. The van der Waals surface area contributed by atoms with Crippen molar-refractivity contribution >= 4 is 63.5 Å². The number of nitrogens with two attached hydrogens (primary N) is 1. The quantitative estimate of drug-likeness (QED) is 0.143. The standard InChI is InChI=1S/C10H16N5O13P3.Mg/c11-8-5-9(13-2-12-8)15(3-14-5)10-7(17)6(16)4(26-10)1-25-30(21,22)28-31(23,24)27-29(18,19)20;/h2-4,6-7,10,16-17H,1H2,(H,21,22)(H,23,24)(H2,11,12,13)(H2,18,19,20);/q;+2/t4-,6-,7-,10-;/m1./s1. The van der Waals surface area contributed by atoms with Crippen molar-refractivity contribution in [2.45, 2.75) is 24.5 Å². The van der Waals surface area contributed by atoms with E-state index in [0.717, 1.165) is 6.33 Å². The summed E-state index contributed by atoms with van der Waals surface area (Å²) in [5.74, 6) is 0.0426. The first-order valence-electron chi connectivity index (χ1n) is 7.92. The summed E-state index contributed by atoms with van der Waals surface area (Å²) in [6.07, 6.45) is -3.69. The predicted octanol–water partition coefficient (Wildman–Crippen LogP) is -2.01. The van der Waals surface area contributed by atoms with Crippen molar-refractivity contribution in [1.82, 2.24) is 19.5 Å². The van der Waals surface area contributed by atoms with Crippen LogP contribution < -0.4 is 5.73 Å². The number of phosphoric acid groups is 3. The van der Waals surface area contributed by atoms with Gasteiger partial charge in [-0.1, -0.05) is 0 Å². The maximum Gasteiger partial charge on any atom is 2.00 e. The van der Waals surface area contributed by atoms with Crippen LogP contribution in [0.2, 0.25) is 0 Å². The molecule has 32 heavy (non-hydrogen) atoms. The molecule has 0 saturated carbocycles. The van der Waals surface area contributed by atoms with Crippen LogP contribution in [0.3, 0.4) is 0 Å². The molecule has 0 bridgehead atoms. The van der Waals surface area contributed by atoms with Crippen molar-refractivity contribution in [2.75, 3.05) is 12.3 Å². The molecule has 2 unspecified atom stereocenters. The molecule has 1 aliphatic heterocycles. The van der Waals surface area contributed by atoms with E-state index in [0.29, 0.717) is 0 Å². The molecule has 6 atom stereocenters. The Kier molecular flexibility index (Phi) is 8.60. The third kappa shape index (κ3) is 6.50. The Balaban J connectivity index is 0.00000363. The molecule has 174 valence electrons. The Morgan fingerprint density at radius 3 is 2.31 bits per heavy atom. The average Bonchev–Trinajstić information content (AvgIpc) is 3.13. The molecule has 1 saturated heterocycles. The number of hydrogen-bond donors (Lipinski definition) is 7. The number of aromatic nitrogens is 4. The number of ether oxygens (including phenoxy) is 1. The van der Waals surface area contributed by atoms with Crippen molar-refractivity contribution < 1.29 is 61.4 Å². The predicted molar refractivity (Wildman–Crippen MR) is 101 cm³/mol. The van der Waals surface area contributed by atoms with Gasteiger partial charge in [0.1, 0.15) is 30.2 Å². The van der Waals surface area contributed by atoms with Crippen LogP contribution in [-0.2, 0) is 31.6 Å². The molecular weight excluding hydrogens is 515 g/mol. The topological polar surface area (TPSA) is 279 Å². The summed E-state index contributed by atoms with van der Waals surface area (Å²) in [5, 5.41) is 20.4. The molecule has 0 amide bonds. The van der Waals surface area contributed by atoms with E-state index in [1.807, 2.05) is 0 Å². The zero-order chi connectivity index (χ0) is 23.2. The molecule has 2 aromatic heterocycles. The average molecular weight is 531 g/mol. The molecule has 1 aliphatic rings. The van der Waals surface area contributed by atoms with Crippen molar-refractivity contribution in [3.8, 4) is 0 Å². The second-order valence-electron chi connectivity index (χ2n) is 6.02. The Morgan fingerprint density at radius 1 is 1.03 bits per heavy atom. The van der Waals surface area contributed by atoms with Gasteiger partial charge in [-0.15, -0.1) is 0 Å². The van der Waals surface area contributed by atoms with E-state index < -0.39 is 54.6 Å². The molecule has 1 fully saturated rings. The summed E-state index contributed by atoms with van der Waals surface area (Å²) in [6.45, 7) is -0.956. The van der Waals surface area contributed by atoms with Gasteiger partial charge in [0.25, 0.3) is 0 Å². The van der Waals surface area contributed by atoms with Crippen molar-refractivity contribution in [3.63, 3.8) is 0 Å². The number of anilines is 1. The second kappa shape index (κ2) is 9.95. The van der Waals surface area contributed by atoms with Crippen LogP contribution in [-0.4, -0.2) is 97.3 Å². The number of nitrogen functional groups attached to an aromatic ring is 1. The Bertz CT molecular complexity index is 1110. The summed E-state index contributed by atoms with van der Waals surface area (Å²) in [4.78, 5) is 47.2. The van der Waals surface area contributed by atoms with Crippen molar-refractivity contribution in [3.05, 3.63) is 12.7 Å². The number of aliphatic hydroxyl groups is 2. The molecule has 22 heteroatoms. The second-order valence-corrected chi connectivity index (χ2v) is 10.4. The molecule has 3 rings (SSSR count). The van der Waals surface area contributed by atoms with Gasteiger partial charge in [-0.3, -0.25) is 9.09 Å². The van der Waals surface area contributed by atoms with E-state index in [1.54, 1.807) is 0 Å². The first-order chi connectivity index (χ1) is 14.2. The maximum absolute atomic E-state index is 11.8. The molecule has 8 N–H and O–H groups in total. The number of phosphoric ester groups is 1. The fourth-order valence-corrected chi connectivity index (χ4v) is 5.65. The third-order valence-electron chi connectivity index (χ3n) is 3.82. The maximum atomic E-state index is 11.8. The van der Waals surface area contributed by atoms with Crippen LogP contribution in [0.1, 0.15) is 6.23 Å². The van der Waals surface area contributed by atoms with Crippen LogP contribution in [0, 0.1) is 0 Å². The number of imidazole rings is 1. The molecule has 0 radical (unpaired) electrons. The van der Waals surface area contributed by atoms with Crippen LogP contribution in [0.4, 0.5) is 5.82 Å². The monoisotopic (exact) mass is 531 g/mol. The molecule has 18 nitrogen and oxygen atoms in total. The summed E-state index contributed by atoms with van der Waals surface area (Å²) in [6, 6.07) is 0. The summed E-state index contributed by atoms with van der Waals surface area (Å²) in [7, 11) is -16.7.